The summed E-state index contributed by atoms with van der Waals surface area (Å²) in [5, 5.41) is 6.82. The molecule has 0 aromatic carbocycles. The van der Waals surface area contributed by atoms with Gasteiger partial charge in [-0.2, -0.15) is 4.98 Å². The molecule has 2 aromatic heterocycles. The first-order valence-corrected chi connectivity index (χ1v) is 4.32. The van der Waals surface area contributed by atoms with E-state index in [0.29, 0.717) is 17.5 Å². The number of hydrogen-bond donors (Lipinski definition) is 2. The molecule has 0 saturated heterocycles. The average molecular weight is 193 g/mol. The molecule has 0 aliphatic heterocycles. The predicted octanol–water partition coefficient (Wildman–Crippen LogP) is 0.740. The molecule has 0 saturated carbocycles. The SMILES string of the molecule is CNC(C)c1nc(-c2ncc[nH]2)no1. The molecule has 0 fully saturated rings. The summed E-state index contributed by atoms with van der Waals surface area (Å²) >= 11 is 0. The Hall–Kier alpha value is -1.69. The normalized spacial score (nSPS) is 13.0. The van der Waals surface area contributed by atoms with Gasteiger partial charge in [0.05, 0.1) is 6.04 Å². The number of imidazole rings is 1. The molecule has 0 aliphatic carbocycles. The van der Waals surface area contributed by atoms with Crippen LogP contribution in [0.15, 0.2) is 16.9 Å². The minimum atomic E-state index is 0.0474. The topological polar surface area (TPSA) is 79.6 Å². The van der Waals surface area contributed by atoms with Crippen molar-refractivity contribution in [3.8, 4) is 11.6 Å². The first kappa shape index (κ1) is 8.89. The highest BCUT2D eigenvalue weighted by atomic mass is 16.5. The number of aromatic amines is 1. The van der Waals surface area contributed by atoms with Crippen LogP contribution in [-0.2, 0) is 0 Å². The van der Waals surface area contributed by atoms with E-state index in [1.165, 1.54) is 0 Å². The summed E-state index contributed by atoms with van der Waals surface area (Å²) < 4.78 is 5.06. The monoisotopic (exact) mass is 193 g/mol. The van der Waals surface area contributed by atoms with Crippen LogP contribution in [-0.4, -0.2) is 27.2 Å². The lowest BCUT2D eigenvalue weighted by Gasteiger charge is -2.00. The van der Waals surface area contributed by atoms with E-state index in [1.54, 1.807) is 12.4 Å². The van der Waals surface area contributed by atoms with Crippen LogP contribution in [0.4, 0.5) is 0 Å². The van der Waals surface area contributed by atoms with Gasteiger partial charge in [0.25, 0.3) is 0 Å². The van der Waals surface area contributed by atoms with E-state index in [0.717, 1.165) is 0 Å². The first-order valence-electron chi connectivity index (χ1n) is 4.32. The smallest absolute Gasteiger partial charge is 0.243 e. The van der Waals surface area contributed by atoms with E-state index in [9.17, 15) is 0 Å². The van der Waals surface area contributed by atoms with E-state index >= 15 is 0 Å². The third-order valence-electron chi connectivity index (χ3n) is 1.96. The van der Waals surface area contributed by atoms with E-state index in [2.05, 4.69) is 25.4 Å². The third kappa shape index (κ3) is 1.51. The van der Waals surface area contributed by atoms with Crippen molar-refractivity contribution < 1.29 is 4.52 Å². The van der Waals surface area contributed by atoms with Crippen molar-refractivity contribution in [1.82, 2.24) is 25.4 Å². The molecule has 1 atom stereocenters. The fraction of sp³-hybridized carbons (Fsp3) is 0.375. The van der Waals surface area contributed by atoms with Crippen LogP contribution in [0.2, 0.25) is 0 Å². The van der Waals surface area contributed by atoms with Gasteiger partial charge in [0, 0.05) is 12.4 Å². The zero-order valence-electron chi connectivity index (χ0n) is 7.98. The van der Waals surface area contributed by atoms with Crippen molar-refractivity contribution in [2.75, 3.05) is 7.05 Å². The molecule has 2 rings (SSSR count). The molecule has 2 heterocycles. The molecular formula is C8H11N5O. The number of nitrogens with one attached hydrogen (secondary N) is 2. The standard InChI is InChI=1S/C8H11N5O/c1-5(9-2)8-12-7(13-14-8)6-10-3-4-11-6/h3-5,9H,1-2H3,(H,10,11). The lowest BCUT2D eigenvalue weighted by Crippen LogP contribution is -2.12. The molecule has 14 heavy (non-hydrogen) atoms. The largest absolute Gasteiger partial charge is 0.342 e. The second-order valence-corrected chi connectivity index (χ2v) is 2.90. The summed E-state index contributed by atoms with van der Waals surface area (Å²) in [6.07, 6.45) is 3.36. The summed E-state index contributed by atoms with van der Waals surface area (Å²) in [6.45, 7) is 1.94. The Morgan fingerprint density at radius 1 is 1.57 bits per heavy atom. The molecular weight excluding hydrogens is 182 g/mol. The Balaban J connectivity index is 2.26. The Morgan fingerprint density at radius 2 is 2.43 bits per heavy atom. The zero-order valence-corrected chi connectivity index (χ0v) is 7.98. The molecule has 74 valence electrons. The third-order valence-corrected chi connectivity index (χ3v) is 1.96. The number of aromatic nitrogens is 4. The number of hydrogen-bond acceptors (Lipinski definition) is 5. The first-order chi connectivity index (χ1) is 6.81. The van der Waals surface area contributed by atoms with Gasteiger partial charge in [0.2, 0.25) is 11.7 Å². The van der Waals surface area contributed by atoms with Gasteiger partial charge in [-0.15, -0.1) is 0 Å². The molecule has 2 N–H and O–H groups in total. The fourth-order valence-corrected chi connectivity index (χ4v) is 1.02. The molecule has 0 spiro atoms. The lowest BCUT2D eigenvalue weighted by atomic mass is 10.3. The van der Waals surface area contributed by atoms with Gasteiger partial charge < -0.3 is 14.8 Å². The lowest BCUT2D eigenvalue weighted by molar-refractivity contribution is 0.347. The number of rotatable bonds is 3. The van der Waals surface area contributed by atoms with E-state index in [4.69, 9.17) is 4.52 Å². The number of nitrogens with zero attached hydrogens (tertiary/aromatic N) is 3. The fourth-order valence-electron chi connectivity index (χ4n) is 1.02. The molecule has 6 nitrogen and oxygen atoms in total. The molecule has 0 amide bonds. The molecule has 0 aliphatic rings. The molecule has 2 aromatic rings. The summed E-state index contributed by atoms with van der Waals surface area (Å²) in [7, 11) is 1.83. The minimum absolute atomic E-state index is 0.0474. The van der Waals surface area contributed by atoms with Crippen LogP contribution < -0.4 is 5.32 Å². The van der Waals surface area contributed by atoms with Gasteiger partial charge in [0.1, 0.15) is 0 Å². The molecule has 0 bridgehead atoms. The van der Waals surface area contributed by atoms with Crippen LogP contribution in [0.25, 0.3) is 11.6 Å². The van der Waals surface area contributed by atoms with E-state index < -0.39 is 0 Å². The summed E-state index contributed by atoms with van der Waals surface area (Å²) in [4.78, 5) is 11.1. The number of H-pyrrole nitrogens is 1. The van der Waals surface area contributed by atoms with Crippen LogP contribution in [0, 0.1) is 0 Å². The van der Waals surface area contributed by atoms with Gasteiger partial charge in [-0.05, 0) is 14.0 Å². The quantitative estimate of drug-likeness (QED) is 0.751. The summed E-state index contributed by atoms with van der Waals surface area (Å²) in [6, 6.07) is 0.0474. The van der Waals surface area contributed by atoms with E-state index in [-0.39, 0.29) is 6.04 Å². The van der Waals surface area contributed by atoms with Gasteiger partial charge in [-0.1, -0.05) is 5.16 Å². The maximum absolute atomic E-state index is 5.06. The Morgan fingerprint density at radius 3 is 3.07 bits per heavy atom. The van der Waals surface area contributed by atoms with Crippen molar-refractivity contribution >= 4 is 0 Å². The van der Waals surface area contributed by atoms with Crippen molar-refractivity contribution in [2.45, 2.75) is 13.0 Å². The summed E-state index contributed by atoms with van der Waals surface area (Å²) in [5.41, 5.74) is 0. The van der Waals surface area contributed by atoms with Crippen LogP contribution in [0.1, 0.15) is 18.9 Å². The Labute approximate surface area is 80.7 Å². The summed E-state index contributed by atoms with van der Waals surface area (Å²) in [5.74, 6) is 1.65. The van der Waals surface area contributed by atoms with Crippen molar-refractivity contribution in [2.24, 2.45) is 0 Å². The van der Waals surface area contributed by atoms with Crippen LogP contribution in [0.3, 0.4) is 0 Å². The Bertz CT molecular complexity index is 394. The second kappa shape index (κ2) is 3.59. The molecule has 6 heteroatoms. The molecule has 0 radical (unpaired) electrons. The minimum Gasteiger partial charge on any atom is -0.342 e. The highest BCUT2D eigenvalue weighted by Gasteiger charge is 2.14. The van der Waals surface area contributed by atoms with Crippen LogP contribution >= 0.6 is 0 Å². The maximum Gasteiger partial charge on any atom is 0.243 e. The van der Waals surface area contributed by atoms with Gasteiger partial charge in [-0.25, -0.2) is 4.98 Å². The van der Waals surface area contributed by atoms with Gasteiger partial charge in [0.15, 0.2) is 5.82 Å². The maximum atomic E-state index is 5.06. The second-order valence-electron chi connectivity index (χ2n) is 2.90. The predicted molar refractivity (Wildman–Crippen MR) is 49.4 cm³/mol. The van der Waals surface area contributed by atoms with E-state index in [1.807, 2.05) is 14.0 Å². The highest BCUT2D eigenvalue weighted by molar-refractivity contribution is 5.40. The average Bonchev–Trinajstić information content (AvgIpc) is 2.86. The zero-order chi connectivity index (χ0) is 9.97. The highest BCUT2D eigenvalue weighted by Crippen LogP contribution is 2.14. The van der Waals surface area contributed by atoms with Crippen LogP contribution in [0.5, 0.6) is 0 Å². The molecule has 1 unspecified atom stereocenters. The van der Waals surface area contributed by atoms with Crippen molar-refractivity contribution in [3.63, 3.8) is 0 Å². The van der Waals surface area contributed by atoms with Gasteiger partial charge in [-0.3, -0.25) is 0 Å². The van der Waals surface area contributed by atoms with Gasteiger partial charge >= 0.3 is 0 Å². The van der Waals surface area contributed by atoms with Crippen molar-refractivity contribution in [3.05, 3.63) is 18.3 Å². The van der Waals surface area contributed by atoms with Crippen molar-refractivity contribution in [1.29, 1.82) is 0 Å². The Kier molecular flexibility index (Phi) is 2.28.